The number of hydrogen-bond acceptors (Lipinski definition) is 4. The molecule has 3 aromatic rings. The molecule has 2 amide bonds. The van der Waals surface area contributed by atoms with Gasteiger partial charge in [0, 0.05) is 31.0 Å². The summed E-state index contributed by atoms with van der Waals surface area (Å²) in [5.41, 5.74) is 3.02. The molecule has 1 saturated heterocycles. The largest absolute Gasteiger partial charge is 0.334 e. The molecule has 0 bridgehead atoms. The number of pyridine rings is 1. The average Bonchev–Trinajstić information content (AvgIpc) is 3.32. The highest BCUT2D eigenvalue weighted by atomic mass is 16.2. The van der Waals surface area contributed by atoms with Gasteiger partial charge in [-0.3, -0.25) is 4.98 Å². The van der Waals surface area contributed by atoms with Crippen LogP contribution in [0.5, 0.6) is 0 Å². The van der Waals surface area contributed by atoms with Crippen LogP contribution in [-0.2, 0) is 13.0 Å². The van der Waals surface area contributed by atoms with Crippen LogP contribution in [0.4, 0.5) is 4.79 Å². The van der Waals surface area contributed by atoms with E-state index in [1.165, 1.54) is 12.7 Å². The van der Waals surface area contributed by atoms with Gasteiger partial charge in [-0.2, -0.15) is 5.10 Å². The van der Waals surface area contributed by atoms with Crippen molar-refractivity contribution in [2.24, 2.45) is 0 Å². The molecule has 7 heteroatoms. The highest BCUT2D eigenvalue weighted by Crippen LogP contribution is 2.21. The van der Waals surface area contributed by atoms with Gasteiger partial charge in [-0.25, -0.2) is 14.5 Å². The van der Waals surface area contributed by atoms with Crippen LogP contribution in [0, 0.1) is 0 Å². The molecule has 0 aliphatic carbocycles. The zero-order chi connectivity index (χ0) is 19.9. The van der Waals surface area contributed by atoms with Crippen LogP contribution in [-0.4, -0.2) is 43.3 Å². The number of likely N-dealkylation sites (tertiary alicyclic amines) is 1. The molecule has 2 aromatic heterocycles. The number of nitrogens with zero attached hydrogens (tertiary/aromatic N) is 5. The SMILES string of the molecule is O=C(NCc1ccccc1-n1cncn1)N1CCCCC1CCc1ccccn1. The Kier molecular flexibility index (Phi) is 6.14. The van der Waals surface area contributed by atoms with Crippen molar-refractivity contribution in [3.8, 4) is 5.69 Å². The second-order valence-corrected chi connectivity index (χ2v) is 7.33. The zero-order valence-electron chi connectivity index (χ0n) is 16.4. The van der Waals surface area contributed by atoms with E-state index in [4.69, 9.17) is 0 Å². The number of aromatic nitrogens is 4. The Labute approximate surface area is 170 Å². The highest BCUT2D eigenvalue weighted by molar-refractivity contribution is 5.74. The maximum Gasteiger partial charge on any atom is 0.317 e. The van der Waals surface area contributed by atoms with Crippen LogP contribution in [0.15, 0.2) is 61.3 Å². The fraction of sp³-hybridized carbons (Fsp3) is 0.364. The molecule has 1 unspecified atom stereocenters. The van der Waals surface area contributed by atoms with Crippen LogP contribution < -0.4 is 5.32 Å². The summed E-state index contributed by atoms with van der Waals surface area (Å²) in [5.74, 6) is 0. The summed E-state index contributed by atoms with van der Waals surface area (Å²) in [6.45, 7) is 1.27. The lowest BCUT2D eigenvalue weighted by molar-refractivity contribution is 0.146. The van der Waals surface area contributed by atoms with E-state index in [9.17, 15) is 4.79 Å². The number of aryl methyl sites for hydroxylation is 1. The first kappa shape index (κ1) is 19.1. The Morgan fingerprint density at radius 1 is 1.14 bits per heavy atom. The molecule has 1 fully saturated rings. The number of hydrogen-bond donors (Lipinski definition) is 1. The molecule has 150 valence electrons. The molecule has 1 atom stereocenters. The van der Waals surface area contributed by atoms with Gasteiger partial charge >= 0.3 is 6.03 Å². The maximum atomic E-state index is 13.0. The molecular formula is C22H26N6O. The predicted molar refractivity (Wildman–Crippen MR) is 110 cm³/mol. The highest BCUT2D eigenvalue weighted by Gasteiger charge is 2.26. The predicted octanol–water partition coefficient (Wildman–Crippen LogP) is 3.36. The van der Waals surface area contributed by atoms with Crippen molar-refractivity contribution in [2.75, 3.05) is 6.54 Å². The van der Waals surface area contributed by atoms with Crippen molar-refractivity contribution in [3.05, 3.63) is 72.6 Å². The third kappa shape index (κ3) is 4.80. The normalized spacial score (nSPS) is 16.6. The number of carbonyl (C=O) groups is 1. The standard InChI is InChI=1S/C22H26N6O/c29-22(25-15-18-7-1-2-10-21(18)28-17-23-16-26-28)27-14-6-4-9-20(27)12-11-19-8-3-5-13-24-19/h1-3,5,7-8,10,13,16-17,20H,4,6,9,11-12,14-15H2,(H,25,29). The Balaban J connectivity index is 1.38. The van der Waals surface area contributed by atoms with Crippen molar-refractivity contribution in [1.82, 2.24) is 30.0 Å². The van der Waals surface area contributed by atoms with E-state index in [1.807, 2.05) is 53.6 Å². The number of carbonyl (C=O) groups excluding carboxylic acids is 1. The lowest BCUT2D eigenvalue weighted by Gasteiger charge is -2.36. The van der Waals surface area contributed by atoms with E-state index >= 15 is 0 Å². The molecule has 7 nitrogen and oxygen atoms in total. The molecule has 4 rings (SSSR count). The van der Waals surface area contributed by atoms with Crippen LogP contribution in [0.1, 0.15) is 36.9 Å². The second kappa shape index (κ2) is 9.32. The van der Waals surface area contributed by atoms with Gasteiger partial charge in [0.15, 0.2) is 0 Å². The summed E-state index contributed by atoms with van der Waals surface area (Å²) in [4.78, 5) is 23.4. The first-order chi connectivity index (χ1) is 14.3. The summed E-state index contributed by atoms with van der Waals surface area (Å²) >= 11 is 0. The van der Waals surface area contributed by atoms with Crippen molar-refractivity contribution < 1.29 is 4.79 Å². The minimum Gasteiger partial charge on any atom is -0.334 e. The summed E-state index contributed by atoms with van der Waals surface area (Å²) < 4.78 is 1.72. The van der Waals surface area contributed by atoms with Gasteiger partial charge < -0.3 is 10.2 Å². The van der Waals surface area contributed by atoms with E-state index in [1.54, 1.807) is 11.0 Å². The Hall–Kier alpha value is -3.22. The van der Waals surface area contributed by atoms with Crippen LogP contribution in [0.2, 0.25) is 0 Å². The Morgan fingerprint density at radius 2 is 2.03 bits per heavy atom. The van der Waals surface area contributed by atoms with Crippen LogP contribution in [0.3, 0.4) is 0 Å². The van der Waals surface area contributed by atoms with E-state index in [-0.39, 0.29) is 12.1 Å². The first-order valence-corrected chi connectivity index (χ1v) is 10.2. The average molecular weight is 390 g/mol. The van der Waals surface area contributed by atoms with Gasteiger partial charge in [0.05, 0.1) is 5.69 Å². The molecule has 1 N–H and O–H groups in total. The number of urea groups is 1. The van der Waals surface area contributed by atoms with Gasteiger partial charge in [-0.05, 0) is 55.9 Å². The molecule has 0 spiro atoms. The molecule has 1 aromatic carbocycles. The maximum absolute atomic E-state index is 13.0. The molecule has 3 heterocycles. The molecular weight excluding hydrogens is 364 g/mol. The molecule has 1 aliphatic rings. The minimum atomic E-state index is 0.00381. The van der Waals surface area contributed by atoms with Gasteiger partial charge in [0.1, 0.15) is 12.7 Å². The number of para-hydroxylation sites is 1. The van der Waals surface area contributed by atoms with Gasteiger partial charge in [-0.15, -0.1) is 0 Å². The minimum absolute atomic E-state index is 0.00381. The Morgan fingerprint density at radius 3 is 2.86 bits per heavy atom. The van der Waals surface area contributed by atoms with Crippen molar-refractivity contribution in [3.63, 3.8) is 0 Å². The topological polar surface area (TPSA) is 75.9 Å². The van der Waals surface area contributed by atoms with Crippen molar-refractivity contribution in [1.29, 1.82) is 0 Å². The second-order valence-electron chi connectivity index (χ2n) is 7.33. The van der Waals surface area contributed by atoms with E-state index in [0.29, 0.717) is 6.54 Å². The fourth-order valence-corrected chi connectivity index (χ4v) is 3.92. The van der Waals surface area contributed by atoms with Gasteiger partial charge in [-0.1, -0.05) is 24.3 Å². The van der Waals surface area contributed by atoms with E-state index < -0.39 is 0 Å². The van der Waals surface area contributed by atoms with E-state index in [0.717, 1.165) is 49.2 Å². The van der Waals surface area contributed by atoms with Gasteiger partial charge in [0.2, 0.25) is 0 Å². The molecule has 1 aliphatic heterocycles. The summed E-state index contributed by atoms with van der Waals surface area (Å²) in [6.07, 6.45) is 10.1. The third-order valence-electron chi connectivity index (χ3n) is 5.44. The van der Waals surface area contributed by atoms with Crippen molar-refractivity contribution in [2.45, 2.75) is 44.7 Å². The first-order valence-electron chi connectivity index (χ1n) is 10.2. The monoisotopic (exact) mass is 390 g/mol. The Bertz CT molecular complexity index is 912. The summed E-state index contributed by atoms with van der Waals surface area (Å²) in [5, 5.41) is 7.31. The quantitative estimate of drug-likeness (QED) is 0.700. The smallest absolute Gasteiger partial charge is 0.317 e. The third-order valence-corrected chi connectivity index (χ3v) is 5.44. The zero-order valence-corrected chi connectivity index (χ0v) is 16.4. The van der Waals surface area contributed by atoms with Crippen molar-refractivity contribution >= 4 is 6.03 Å². The van der Waals surface area contributed by atoms with E-state index in [2.05, 4.69) is 20.4 Å². The number of nitrogens with one attached hydrogen (secondary N) is 1. The molecule has 0 saturated carbocycles. The lowest BCUT2D eigenvalue weighted by atomic mass is 9.97. The summed E-state index contributed by atoms with van der Waals surface area (Å²) in [6, 6.07) is 14.2. The number of benzene rings is 1. The van der Waals surface area contributed by atoms with Crippen LogP contribution >= 0.6 is 0 Å². The number of piperidine rings is 1. The van der Waals surface area contributed by atoms with Crippen LogP contribution in [0.25, 0.3) is 5.69 Å². The fourth-order valence-electron chi connectivity index (χ4n) is 3.92. The number of amides is 2. The molecule has 29 heavy (non-hydrogen) atoms. The summed E-state index contributed by atoms with van der Waals surface area (Å²) in [7, 11) is 0. The van der Waals surface area contributed by atoms with Gasteiger partial charge in [0.25, 0.3) is 0 Å². The lowest BCUT2D eigenvalue weighted by Crippen LogP contribution is -2.48. The number of rotatable bonds is 6. The molecule has 0 radical (unpaired) electrons.